The van der Waals surface area contributed by atoms with Gasteiger partial charge >= 0.3 is 0 Å². The summed E-state index contributed by atoms with van der Waals surface area (Å²) in [6, 6.07) is 8.71. The van der Waals surface area contributed by atoms with Gasteiger partial charge in [0.25, 0.3) is 0 Å². The molecular weight excluding hydrogens is 294 g/mol. The van der Waals surface area contributed by atoms with Crippen molar-refractivity contribution in [2.75, 3.05) is 25.1 Å². The highest BCUT2D eigenvalue weighted by molar-refractivity contribution is 9.10. The Morgan fingerprint density at radius 1 is 1.29 bits per heavy atom. The molecular formula is C14H22BrNS. The van der Waals surface area contributed by atoms with Gasteiger partial charge in [-0.25, -0.2) is 0 Å². The zero-order chi connectivity index (χ0) is 12.5. The molecule has 0 aromatic heterocycles. The molecule has 0 heterocycles. The maximum absolute atomic E-state index is 3.48. The summed E-state index contributed by atoms with van der Waals surface area (Å²) >= 11 is 5.52. The minimum absolute atomic E-state index is 0.750. The van der Waals surface area contributed by atoms with Crippen LogP contribution < -0.4 is 5.32 Å². The minimum Gasteiger partial charge on any atom is -0.319 e. The third-order valence-electron chi connectivity index (χ3n) is 2.80. The molecule has 1 nitrogen and oxygen atoms in total. The first-order valence-corrected chi connectivity index (χ1v) is 8.17. The fourth-order valence-corrected chi connectivity index (χ4v) is 2.97. The van der Waals surface area contributed by atoms with Gasteiger partial charge in [0.1, 0.15) is 0 Å². The van der Waals surface area contributed by atoms with Gasteiger partial charge in [-0.15, -0.1) is 0 Å². The lowest BCUT2D eigenvalue weighted by Crippen LogP contribution is -2.21. The van der Waals surface area contributed by atoms with Crippen LogP contribution in [0.1, 0.15) is 18.9 Å². The predicted octanol–water partition coefficient (Wildman–Crippen LogP) is 3.97. The van der Waals surface area contributed by atoms with Gasteiger partial charge in [-0.1, -0.05) is 35.0 Å². The molecule has 1 aromatic rings. The van der Waals surface area contributed by atoms with E-state index in [9.17, 15) is 0 Å². The van der Waals surface area contributed by atoms with E-state index in [0.717, 1.165) is 16.9 Å². The van der Waals surface area contributed by atoms with E-state index >= 15 is 0 Å². The van der Waals surface area contributed by atoms with E-state index in [1.54, 1.807) is 0 Å². The molecule has 0 saturated carbocycles. The third-order valence-corrected chi connectivity index (χ3v) is 4.27. The molecule has 1 atom stereocenters. The van der Waals surface area contributed by atoms with Crippen LogP contribution in [0.25, 0.3) is 0 Å². The highest BCUT2D eigenvalue weighted by Gasteiger charge is 2.08. The summed E-state index contributed by atoms with van der Waals surface area (Å²) in [6.45, 7) is 3.34. The van der Waals surface area contributed by atoms with Crippen LogP contribution in [0, 0.1) is 5.92 Å². The second kappa shape index (κ2) is 9.01. The van der Waals surface area contributed by atoms with E-state index in [2.05, 4.69) is 52.4 Å². The molecule has 0 aliphatic carbocycles. The first-order chi connectivity index (χ1) is 8.26. The fourth-order valence-electron chi connectivity index (χ4n) is 1.91. The fraction of sp³-hybridized carbons (Fsp3) is 0.571. The van der Waals surface area contributed by atoms with E-state index in [1.807, 2.05) is 18.8 Å². The molecule has 96 valence electrons. The van der Waals surface area contributed by atoms with Crippen LogP contribution in [0.15, 0.2) is 28.7 Å². The van der Waals surface area contributed by atoms with E-state index in [0.29, 0.717) is 0 Å². The Hall–Kier alpha value is 0.01000. The largest absolute Gasteiger partial charge is 0.319 e. The summed E-state index contributed by atoms with van der Waals surface area (Å²) in [4.78, 5) is 0. The van der Waals surface area contributed by atoms with Gasteiger partial charge in [-0.05, 0) is 61.6 Å². The maximum Gasteiger partial charge on any atom is 0.0175 e. The summed E-state index contributed by atoms with van der Waals surface area (Å²) in [5.74, 6) is 3.25. The molecule has 0 fully saturated rings. The third kappa shape index (κ3) is 6.49. The number of thioether (sulfide) groups is 1. The molecule has 1 unspecified atom stereocenters. The number of benzene rings is 1. The highest BCUT2D eigenvalue weighted by Crippen LogP contribution is 2.17. The first kappa shape index (κ1) is 15.1. The van der Waals surface area contributed by atoms with Crippen molar-refractivity contribution in [1.82, 2.24) is 5.32 Å². The Morgan fingerprint density at radius 3 is 2.59 bits per heavy atom. The van der Waals surface area contributed by atoms with Gasteiger partial charge in [-0.2, -0.15) is 11.8 Å². The van der Waals surface area contributed by atoms with E-state index in [-0.39, 0.29) is 0 Å². The van der Waals surface area contributed by atoms with Crippen LogP contribution in [-0.2, 0) is 6.42 Å². The molecule has 1 N–H and O–H groups in total. The Morgan fingerprint density at radius 2 is 2.00 bits per heavy atom. The standard InChI is InChI=1S/C14H22BrNS/c1-3-17-9-8-13(11-16-2)10-12-4-6-14(15)7-5-12/h4-7,13,16H,3,8-11H2,1-2H3. The van der Waals surface area contributed by atoms with Crippen LogP contribution in [0.3, 0.4) is 0 Å². The molecule has 0 aliphatic heterocycles. The van der Waals surface area contributed by atoms with Crippen LogP contribution in [0.5, 0.6) is 0 Å². The average molecular weight is 316 g/mol. The molecule has 0 bridgehead atoms. The van der Waals surface area contributed by atoms with Crippen LogP contribution in [0.2, 0.25) is 0 Å². The predicted molar refractivity (Wildman–Crippen MR) is 82.9 cm³/mol. The Labute approximate surface area is 118 Å². The van der Waals surface area contributed by atoms with Crippen molar-refractivity contribution in [3.05, 3.63) is 34.3 Å². The van der Waals surface area contributed by atoms with Gasteiger partial charge in [0.05, 0.1) is 0 Å². The van der Waals surface area contributed by atoms with E-state index in [1.165, 1.54) is 29.9 Å². The topological polar surface area (TPSA) is 12.0 Å². The second-order valence-electron chi connectivity index (χ2n) is 4.24. The first-order valence-electron chi connectivity index (χ1n) is 6.23. The van der Waals surface area contributed by atoms with Crippen molar-refractivity contribution < 1.29 is 0 Å². The number of rotatable bonds is 8. The van der Waals surface area contributed by atoms with Crippen molar-refractivity contribution >= 4 is 27.7 Å². The molecule has 1 rings (SSSR count). The van der Waals surface area contributed by atoms with Crippen LogP contribution in [0.4, 0.5) is 0 Å². The van der Waals surface area contributed by atoms with Gasteiger partial charge < -0.3 is 5.32 Å². The van der Waals surface area contributed by atoms with Crippen LogP contribution in [-0.4, -0.2) is 25.1 Å². The quantitative estimate of drug-likeness (QED) is 0.728. The Balaban J connectivity index is 2.44. The molecule has 0 spiro atoms. The van der Waals surface area contributed by atoms with Gasteiger partial charge in [-0.3, -0.25) is 0 Å². The molecule has 0 radical (unpaired) electrons. The zero-order valence-electron chi connectivity index (χ0n) is 10.7. The zero-order valence-corrected chi connectivity index (χ0v) is 13.1. The smallest absolute Gasteiger partial charge is 0.0175 e. The van der Waals surface area contributed by atoms with E-state index < -0.39 is 0 Å². The highest BCUT2D eigenvalue weighted by atomic mass is 79.9. The molecule has 3 heteroatoms. The normalized spacial score (nSPS) is 12.6. The van der Waals surface area contributed by atoms with Crippen molar-refractivity contribution in [2.24, 2.45) is 5.92 Å². The number of hydrogen-bond acceptors (Lipinski definition) is 2. The summed E-state index contributed by atoms with van der Waals surface area (Å²) in [6.07, 6.45) is 2.48. The van der Waals surface area contributed by atoms with Gasteiger partial charge in [0, 0.05) is 4.47 Å². The SMILES string of the molecule is CCSCCC(CNC)Cc1ccc(Br)cc1. The molecule has 0 amide bonds. The summed E-state index contributed by atoms with van der Waals surface area (Å²) in [5, 5.41) is 3.31. The van der Waals surface area contributed by atoms with Crippen molar-refractivity contribution in [3.8, 4) is 0 Å². The maximum atomic E-state index is 3.48. The number of hydrogen-bond donors (Lipinski definition) is 1. The Bertz CT molecular complexity index is 300. The monoisotopic (exact) mass is 315 g/mol. The van der Waals surface area contributed by atoms with E-state index in [4.69, 9.17) is 0 Å². The lowest BCUT2D eigenvalue weighted by Gasteiger charge is -2.16. The molecule has 0 saturated heterocycles. The summed E-state index contributed by atoms with van der Waals surface area (Å²) in [7, 11) is 2.04. The molecule has 0 aliphatic rings. The summed E-state index contributed by atoms with van der Waals surface area (Å²) < 4.78 is 1.16. The summed E-state index contributed by atoms with van der Waals surface area (Å²) in [5.41, 5.74) is 1.44. The lowest BCUT2D eigenvalue weighted by atomic mass is 9.97. The average Bonchev–Trinajstić information content (AvgIpc) is 2.32. The Kier molecular flexibility index (Phi) is 7.99. The van der Waals surface area contributed by atoms with Gasteiger partial charge in [0.15, 0.2) is 0 Å². The number of nitrogens with one attached hydrogen (secondary N) is 1. The van der Waals surface area contributed by atoms with Crippen LogP contribution >= 0.6 is 27.7 Å². The number of halogens is 1. The molecule has 1 aromatic carbocycles. The van der Waals surface area contributed by atoms with Crippen molar-refractivity contribution in [1.29, 1.82) is 0 Å². The lowest BCUT2D eigenvalue weighted by molar-refractivity contribution is 0.484. The minimum atomic E-state index is 0.750. The van der Waals surface area contributed by atoms with Crippen molar-refractivity contribution in [2.45, 2.75) is 19.8 Å². The van der Waals surface area contributed by atoms with Gasteiger partial charge in [0.2, 0.25) is 0 Å². The van der Waals surface area contributed by atoms with Crippen molar-refractivity contribution in [3.63, 3.8) is 0 Å². The molecule has 17 heavy (non-hydrogen) atoms. The second-order valence-corrected chi connectivity index (χ2v) is 6.55.